The summed E-state index contributed by atoms with van der Waals surface area (Å²) in [5, 5.41) is 0. The molecule has 1 heterocycles. The SMILES string of the molecule is COc1cc(-n2c(N)nc3cc(F)c(Br)cc32)ccc1F. The Morgan fingerprint density at radius 3 is 2.67 bits per heavy atom. The number of rotatable bonds is 2. The van der Waals surface area contributed by atoms with Crippen LogP contribution in [0.2, 0.25) is 0 Å². The van der Waals surface area contributed by atoms with Crippen LogP contribution in [0, 0.1) is 11.6 Å². The Labute approximate surface area is 127 Å². The molecule has 7 heteroatoms. The number of hydrogen-bond donors (Lipinski definition) is 1. The number of aromatic nitrogens is 2. The molecule has 3 rings (SSSR count). The molecule has 0 aliphatic heterocycles. The van der Waals surface area contributed by atoms with E-state index in [1.807, 2.05) is 0 Å². The fourth-order valence-electron chi connectivity index (χ4n) is 2.15. The van der Waals surface area contributed by atoms with Gasteiger partial charge in [0.2, 0.25) is 5.95 Å². The van der Waals surface area contributed by atoms with Crippen LogP contribution in [0.25, 0.3) is 16.7 Å². The lowest BCUT2D eigenvalue weighted by atomic mass is 10.2. The van der Waals surface area contributed by atoms with Gasteiger partial charge in [-0.05, 0) is 34.1 Å². The van der Waals surface area contributed by atoms with Crippen LogP contribution in [0.3, 0.4) is 0 Å². The molecule has 1 aromatic heterocycles. The maximum absolute atomic E-state index is 13.6. The number of imidazole rings is 1. The third-order valence-corrected chi connectivity index (χ3v) is 3.72. The molecule has 0 amide bonds. The van der Waals surface area contributed by atoms with Crippen LogP contribution in [-0.4, -0.2) is 16.7 Å². The number of nitrogen functional groups attached to an aromatic ring is 1. The third-order valence-electron chi connectivity index (χ3n) is 3.12. The van der Waals surface area contributed by atoms with Crippen LogP contribution < -0.4 is 10.5 Å². The third kappa shape index (κ3) is 2.23. The minimum atomic E-state index is -0.475. The van der Waals surface area contributed by atoms with Crippen LogP contribution in [0.15, 0.2) is 34.8 Å². The summed E-state index contributed by atoms with van der Waals surface area (Å²) in [5.41, 5.74) is 7.49. The highest BCUT2D eigenvalue weighted by atomic mass is 79.9. The molecule has 2 aromatic carbocycles. The van der Waals surface area contributed by atoms with Gasteiger partial charge >= 0.3 is 0 Å². The predicted octanol–water partition coefficient (Wildman–Crippen LogP) is 3.66. The number of fused-ring (bicyclic) bond motifs is 1. The maximum atomic E-state index is 13.6. The average Bonchev–Trinajstić information content (AvgIpc) is 2.75. The lowest BCUT2D eigenvalue weighted by Gasteiger charge is -2.09. The van der Waals surface area contributed by atoms with Gasteiger partial charge in [0.25, 0.3) is 0 Å². The molecule has 0 aliphatic carbocycles. The molecule has 21 heavy (non-hydrogen) atoms. The van der Waals surface area contributed by atoms with E-state index in [4.69, 9.17) is 10.5 Å². The smallest absolute Gasteiger partial charge is 0.205 e. The van der Waals surface area contributed by atoms with E-state index in [1.165, 1.54) is 25.3 Å². The Hall–Kier alpha value is -2.15. The van der Waals surface area contributed by atoms with Crippen LogP contribution >= 0.6 is 15.9 Å². The molecule has 0 spiro atoms. The molecular weight excluding hydrogens is 344 g/mol. The van der Waals surface area contributed by atoms with Crippen LogP contribution in [-0.2, 0) is 0 Å². The summed E-state index contributed by atoms with van der Waals surface area (Å²) in [6.45, 7) is 0. The Morgan fingerprint density at radius 2 is 1.95 bits per heavy atom. The number of halogens is 3. The van der Waals surface area contributed by atoms with Crippen molar-refractivity contribution in [1.82, 2.24) is 9.55 Å². The van der Waals surface area contributed by atoms with Crippen molar-refractivity contribution in [2.24, 2.45) is 0 Å². The second kappa shape index (κ2) is 5.00. The summed E-state index contributed by atoms with van der Waals surface area (Å²) in [6.07, 6.45) is 0. The van der Waals surface area contributed by atoms with Crippen molar-refractivity contribution >= 4 is 32.9 Å². The standard InChI is InChI=1S/C14H10BrF2N3O/c1-21-13-4-7(2-3-9(13)16)20-12-5-8(15)10(17)6-11(12)19-14(20)18/h2-6H,1H3,(H2,18,19). The largest absolute Gasteiger partial charge is 0.494 e. The Morgan fingerprint density at radius 1 is 1.19 bits per heavy atom. The normalized spacial score (nSPS) is 11.0. The number of benzene rings is 2. The van der Waals surface area contributed by atoms with Crippen molar-refractivity contribution < 1.29 is 13.5 Å². The van der Waals surface area contributed by atoms with Gasteiger partial charge in [0, 0.05) is 12.1 Å². The monoisotopic (exact) mass is 353 g/mol. The molecule has 0 saturated heterocycles. The molecule has 0 fully saturated rings. The molecule has 108 valence electrons. The number of anilines is 1. The topological polar surface area (TPSA) is 53.1 Å². The second-order valence-corrected chi connectivity index (χ2v) is 5.23. The van der Waals surface area contributed by atoms with Gasteiger partial charge in [-0.2, -0.15) is 0 Å². The summed E-state index contributed by atoms with van der Waals surface area (Å²) >= 11 is 3.13. The Balaban J connectivity index is 2.29. The van der Waals surface area contributed by atoms with E-state index in [-0.39, 0.29) is 11.7 Å². The van der Waals surface area contributed by atoms with Crippen molar-refractivity contribution in [3.63, 3.8) is 0 Å². The van der Waals surface area contributed by atoms with E-state index in [2.05, 4.69) is 20.9 Å². The first-order chi connectivity index (χ1) is 10.0. The zero-order chi connectivity index (χ0) is 15.1. The molecular formula is C14H10BrF2N3O. The zero-order valence-corrected chi connectivity index (χ0v) is 12.5. The van der Waals surface area contributed by atoms with Crippen LogP contribution in [0.5, 0.6) is 5.75 Å². The van der Waals surface area contributed by atoms with Gasteiger partial charge < -0.3 is 10.5 Å². The number of methoxy groups -OCH3 is 1. The first kappa shape index (κ1) is 13.8. The molecule has 0 unspecified atom stereocenters. The van der Waals surface area contributed by atoms with E-state index < -0.39 is 11.6 Å². The lowest BCUT2D eigenvalue weighted by molar-refractivity contribution is 0.386. The summed E-state index contributed by atoms with van der Waals surface area (Å²) in [7, 11) is 1.38. The Kier molecular flexibility index (Phi) is 3.29. The molecule has 0 bridgehead atoms. The number of ether oxygens (including phenoxy) is 1. The number of nitrogens with two attached hydrogens (primary N) is 1. The summed E-state index contributed by atoms with van der Waals surface area (Å²) in [5.74, 6) is -0.633. The van der Waals surface area contributed by atoms with Gasteiger partial charge in [-0.15, -0.1) is 0 Å². The first-order valence-corrected chi connectivity index (χ1v) is 6.77. The van der Waals surface area contributed by atoms with Crippen molar-refractivity contribution in [2.45, 2.75) is 0 Å². The second-order valence-electron chi connectivity index (χ2n) is 4.38. The minimum absolute atomic E-state index is 0.0925. The van der Waals surface area contributed by atoms with Crippen molar-refractivity contribution in [3.05, 3.63) is 46.4 Å². The minimum Gasteiger partial charge on any atom is -0.494 e. The van der Waals surface area contributed by atoms with E-state index in [9.17, 15) is 8.78 Å². The van der Waals surface area contributed by atoms with Gasteiger partial charge in [-0.3, -0.25) is 4.57 Å². The summed E-state index contributed by atoms with van der Waals surface area (Å²) in [4.78, 5) is 4.11. The maximum Gasteiger partial charge on any atom is 0.205 e. The quantitative estimate of drug-likeness (QED) is 0.764. The van der Waals surface area contributed by atoms with Crippen molar-refractivity contribution in [1.29, 1.82) is 0 Å². The van der Waals surface area contributed by atoms with Gasteiger partial charge in [0.1, 0.15) is 5.82 Å². The molecule has 0 radical (unpaired) electrons. The molecule has 2 N–H and O–H groups in total. The molecule has 4 nitrogen and oxygen atoms in total. The lowest BCUT2D eigenvalue weighted by Crippen LogP contribution is -2.01. The first-order valence-electron chi connectivity index (χ1n) is 5.98. The van der Waals surface area contributed by atoms with E-state index in [0.717, 1.165) is 0 Å². The molecule has 0 atom stereocenters. The van der Waals surface area contributed by atoms with Gasteiger partial charge in [0.15, 0.2) is 11.6 Å². The fraction of sp³-hybridized carbons (Fsp3) is 0.0714. The highest BCUT2D eigenvalue weighted by Gasteiger charge is 2.14. The fourth-order valence-corrected chi connectivity index (χ4v) is 2.48. The van der Waals surface area contributed by atoms with Gasteiger partial charge in [0.05, 0.1) is 28.3 Å². The van der Waals surface area contributed by atoms with Gasteiger partial charge in [-0.25, -0.2) is 13.8 Å². The number of nitrogens with zero attached hydrogens (tertiary/aromatic N) is 2. The predicted molar refractivity (Wildman–Crippen MR) is 79.7 cm³/mol. The van der Waals surface area contributed by atoms with Gasteiger partial charge in [-0.1, -0.05) is 0 Å². The highest BCUT2D eigenvalue weighted by molar-refractivity contribution is 9.10. The molecule has 0 aliphatic rings. The highest BCUT2D eigenvalue weighted by Crippen LogP contribution is 2.29. The van der Waals surface area contributed by atoms with Crippen LogP contribution in [0.1, 0.15) is 0 Å². The molecule has 0 saturated carbocycles. The summed E-state index contributed by atoms with van der Waals surface area (Å²) < 4.78 is 33.9. The summed E-state index contributed by atoms with van der Waals surface area (Å²) in [6, 6.07) is 7.19. The van der Waals surface area contributed by atoms with E-state index in [1.54, 1.807) is 16.7 Å². The van der Waals surface area contributed by atoms with Crippen molar-refractivity contribution in [3.8, 4) is 11.4 Å². The zero-order valence-electron chi connectivity index (χ0n) is 10.9. The number of hydrogen-bond acceptors (Lipinski definition) is 3. The average molecular weight is 354 g/mol. The molecule has 3 aromatic rings. The Bertz CT molecular complexity index is 848. The van der Waals surface area contributed by atoms with E-state index in [0.29, 0.717) is 21.2 Å². The van der Waals surface area contributed by atoms with Crippen LogP contribution in [0.4, 0.5) is 14.7 Å². The van der Waals surface area contributed by atoms with Crippen molar-refractivity contribution in [2.75, 3.05) is 12.8 Å². The van der Waals surface area contributed by atoms with E-state index >= 15 is 0 Å².